The number of amides is 1. The van der Waals surface area contributed by atoms with Gasteiger partial charge in [0.05, 0.1) is 0 Å². The third-order valence-electron chi connectivity index (χ3n) is 2.96. The number of hydrogen-bond donors (Lipinski definition) is 2. The van der Waals surface area contributed by atoms with Crippen LogP contribution in [0.5, 0.6) is 0 Å². The van der Waals surface area contributed by atoms with Gasteiger partial charge in [0.15, 0.2) is 0 Å². The maximum absolute atomic E-state index is 11.6. The lowest BCUT2D eigenvalue weighted by atomic mass is 9.87. The number of carbonyl (C=O) groups excluding carboxylic acids is 1. The van der Waals surface area contributed by atoms with Crippen LogP contribution < -0.4 is 10.6 Å². The van der Waals surface area contributed by atoms with Crippen molar-refractivity contribution in [3.63, 3.8) is 0 Å². The standard InChI is InChI=1S/C13H22N4O2S/c1-5-10-16-17-11(20-10)14-8-6-9(7-8)15-12(18)19-13(2,3)4/h8-9H,5-7H2,1-4H3,(H,14,17)(H,15,18). The Balaban J connectivity index is 1.68. The normalized spacial score (nSPS) is 22.0. The number of ether oxygens (including phenoxy) is 1. The van der Waals surface area contributed by atoms with Gasteiger partial charge in [-0.25, -0.2) is 4.79 Å². The number of rotatable bonds is 4. The van der Waals surface area contributed by atoms with Crippen molar-refractivity contribution in [1.29, 1.82) is 0 Å². The van der Waals surface area contributed by atoms with Gasteiger partial charge in [0.1, 0.15) is 10.6 Å². The largest absolute Gasteiger partial charge is 0.444 e. The predicted molar refractivity (Wildman–Crippen MR) is 79.1 cm³/mol. The van der Waals surface area contributed by atoms with E-state index in [1.54, 1.807) is 11.3 Å². The maximum Gasteiger partial charge on any atom is 0.407 e. The zero-order valence-corrected chi connectivity index (χ0v) is 13.2. The molecule has 0 unspecified atom stereocenters. The Morgan fingerprint density at radius 2 is 2.05 bits per heavy atom. The molecule has 2 rings (SSSR count). The number of nitrogens with one attached hydrogen (secondary N) is 2. The smallest absolute Gasteiger partial charge is 0.407 e. The van der Waals surface area contributed by atoms with Crippen LogP contribution in [0.25, 0.3) is 0 Å². The molecule has 0 aromatic carbocycles. The Morgan fingerprint density at radius 1 is 1.35 bits per heavy atom. The highest BCUT2D eigenvalue weighted by atomic mass is 32.1. The number of anilines is 1. The molecule has 1 saturated carbocycles. The second-order valence-electron chi connectivity index (χ2n) is 6.01. The van der Waals surface area contributed by atoms with Gasteiger partial charge in [0.25, 0.3) is 0 Å². The second-order valence-corrected chi connectivity index (χ2v) is 7.07. The summed E-state index contributed by atoms with van der Waals surface area (Å²) >= 11 is 1.59. The fraction of sp³-hybridized carbons (Fsp3) is 0.769. The zero-order valence-electron chi connectivity index (χ0n) is 12.4. The van der Waals surface area contributed by atoms with Gasteiger partial charge in [-0.3, -0.25) is 0 Å². The molecule has 112 valence electrons. The Morgan fingerprint density at radius 3 is 2.60 bits per heavy atom. The van der Waals surface area contributed by atoms with E-state index in [1.807, 2.05) is 20.8 Å². The molecule has 0 saturated heterocycles. The van der Waals surface area contributed by atoms with Crippen molar-refractivity contribution in [3.8, 4) is 0 Å². The number of carbonyl (C=O) groups is 1. The summed E-state index contributed by atoms with van der Waals surface area (Å²) in [6.45, 7) is 7.64. The van der Waals surface area contributed by atoms with Crippen molar-refractivity contribution < 1.29 is 9.53 Å². The molecule has 1 heterocycles. The van der Waals surface area contributed by atoms with Gasteiger partial charge in [-0.05, 0) is 40.0 Å². The molecule has 0 aliphatic heterocycles. The molecule has 1 aromatic rings. The quantitative estimate of drug-likeness (QED) is 0.893. The molecular formula is C13H22N4O2S. The number of hydrogen-bond acceptors (Lipinski definition) is 6. The predicted octanol–water partition coefficient (Wildman–Crippen LogP) is 2.57. The minimum atomic E-state index is -0.450. The van der Waals surface area contributed by atoms with E-state index in [4.69, 9.17) is 4.74 Å². The van der Waals surface area contributed by atoms with Gasteiger partial charge in [-0.15, -0.1) is 10.2 Å². The van der Waals surface area contributed by atoms with Gasteiger partial charge in [0.2, 0.25) is 5.13 Å². The molecule has 0 bridgehead atoms. The SMILES string of the molecule is CCc1nnc(NC2CC(NC(=O)OC(C)(C)C)C2)s1. The fourth-order valence-electron chi connectivity index (χ4n) is 1.96. The van der Waals surface area contributed by atoms with Crippen LogP contribution in [0.1, 0.15) is 45.5 Å². The molecule has 1 fully saturated rings. The monoisotopic (exact) mass is 298 g/mol. The first-order valence-corrected chi connectivity index (χ1v) is 7.76. The molecule has 1 aliphatic rings. The first-order valence-electron chi connectivity index (χ1n) is 6.94. The van der Waals surface area contributed by atoms with Gasteiger partial charge in [0, 0.05) is 12.1 Å². The average Bonchev–Trinajstić information content (AvgIpc) is 2.71. The van der Waals surface area contributed by atoms with Crippen LogP contribution in [0.15, 0.2) is 0 Å². The topological polar surface area (TPSA) is 76.1 Å². The van der Waals surface area contributed by atoms with Crippen molar-refractivity contribution in [3.05, 3.63) is 5.01 Å². The Kier molecular flexibility index (Phi) is 4.47. The summed E-state index contributed by atoms with van der Waals surface area (Å²) < 4.78 is 5.22. The van der Waals surface area contributed by atoms with Gasteiger partial charge < -0.3 is 15.4 Å². The van der Waals surface area contributed by atoms with Gasteiger partial charge >= 0.3 is 6.09 Å². The highest BCUT2D eigenvalue weighted by Crippen LogP contribution is 2.26. The average molecular weight is 298 g/mol. The van der Waals surface area contributed by atoms with Crippen LogP contribution in [-0.4, -0.2) is 34.0 Å². The Bertz CT molecular complexity index is 463. The summed E-state index contributed by atoms with van der Waals surface area (Å²) in [5.74, 6) is 0. The van der Waals surface area contributed by atoms with Crippen molar-refractivity contribution in [1.82, 2.24) is 15.5 Å². The van der Waals surface area contributed by atoms with E-state index in [0.29, 0.717) is 6.04 Å². The Labute approximate surface area is 123 Å². The number of nitrogens with zero attached hydrogens (tertiary/aromatic N) is 2. The number of aromatic nitrogens is 2. The maximum atomic E-state index is 11.6. The minimum absolute atomic E-state index is 0.181. The van der Waals surface area contributed by atoms with Gasteiger partial charge in [-0.1, -0.05) is 18.3 Å². The molecule has 2 N–H and O–H groups in total. The van der Waals surface area contributed by atoms with E-state index in [1.165, 1.54) is 0 Å². The third kappa shape index (κ3) is 4.33. The molecule has 1 aromatic heterocycles. The first-order chi connectivity index (χ1) is 9.35. The molecule has 1 aliphatic carbocycles. The van der Waals surface area contributed by atoms with Crippen LogP contribution in [0, 0.1) is 0 Å². The summed E-state index contributed by atoms with van der Waals surface area (Å²) in [4.78, 5) is 11.6. The van der Waals surface area contributed by atoms with Crippen LogP contribution >= 0.6 is 11.3 Å². The molecule has 6 nitrogen and oxygen atoms in total. The zero-order chi connectivity index (χ0) is 14.8. The number of alkyl carbamates (subject to hydrolysis) is 1. The van der Waals surface area contributed by atoms with Crippen molar-refractivity contribution in [2.45, 2.75) is 64.6 Å². The summed E-state index contributed by atoms with van der Waals surface area (Å²) in [6.07, 6.45) is 2.35. The van der Waals surface area contributed by atoms with Crippen LogP contribution in [0.4, 0.5) is 9.93 Å². The van der Waals surface area contributed by atoms with Crippen molar-refractivity contribution >= 4 is 22.6 Å². The van der Waals surface area contributed by atoms with E-state index < -0.39 is 5.60 Å². The first kappa shape index (κ1) is 15.0. The van der Waals surface area contributed by atoms with E-state index >= 15 is 0 Å². The molecule has 20 heavy (non-hydrogen) atoms. The highest BCUT2D eigenvalue weighted by Gasteiger charge is 2.32. The van der Waals surface area contributed by atoms with Gasteiger partial charge in [-0.2, -0.15) is 0 Å². The molecule has 1 amide bonds. The third-order valence-corrected chi connectivity index (χ3v) is 3.95. The van der Waals surface area contributed by atoms with E-state index in [2.05, 4.69) is 27.8 Å². The molecule has 0 spiro atoms. The fourth-order valence-corrected chi connectivity index (χ4v) is 2.71. The van der Waals surface area contributed by atoms with Crippen LogP contribution in [0.3, 0.4) is 0 Å². The van der Waals surface area contributed by atoms with Crippen LogP contribution in [0.2, 0.25) is 0 Å². The summed E-state index contributed by atoms with van der Waals surface area (Å²) in [5.41, 5.74) is -0.450. The second kappa shape index (κ2) is 5.95. The Hall–Kier alpha value is -1.37. The molecular weight excluding hydrogens is 276 g/mol. The van der Waals surface area contributed by atoms with E-state index in [-0.39, 0.29) is 12.1 Å². The molecule has 0 atom stereocenters. The highest BCUT2D eigenvalue weighted by molar-refractivity contribution is 7.15. The lowest BCUT2D eigenvalue weighted by molar-refractivity contribution is 0.0475. The summed E-state index contributed by atoms with van der Waals surface area (Å²) in [6, 6.07) is 0.536. The lowest BCUT2D eigenvalue weighted by Gasteiger charge is -2.36. The molecule has 7 heteroatoms. The minimum Gasteiger partial charge on any atom is -0.444 e. The number of aryl methyl sites for hydroxylation is 1. The summed E-state index contributed by atoms with van der Waals surface area (Å²) in [5, 5.41) is 16.3. The lowest BCUT2D eigenvalue weighted by Crippen LogP contribution is -2.50. The van der Waals surface area contributed by atoms with Crippen LogP contribution in [-0.2, 0) is 11.2 Å². The summed E-state index contributed by atoms with van der Waals surface area (Å²) in [7, 11) is 0. The van der Waals surface area contributed by atoms with Crippen molar-refractivity contribution in [2.24, 2.45) is 0 Å². The van der Waals surface area contributed by atoms with Crippen molar-refractivity contribution in [2.75, 3.05) is 5.32 Å². The van der Waals surface area contributed by atoms with E-state index in [9.17, 15) is 4.79 Å². The molecule has 0 radical (unpaired) electrons. The van der Waals surface area contributed by atoms with E-state index in [0.717, 1.165) is 29.4 Å².